The lowest BCUT2D eigenvalue weighted by Crippen LogP contribution is -2.42. The predicted octanol–water partition coefficient (Wildman–Crippen LogP) is -0.194. The number of carboxylic acid groups (broad SMARTS) is 1. The van der Waals surface area contributed by atoms with Gasteiger partial charge in [-0.05, 0) is 5.75 Å². The van der Waals surface area contributed by atoms with Crippen molar-refractivity contribution in [3.05, 3.63) is 0 Å². The first-order valence-corrected chi connectivity index (χ1v) is 4.62. The van der Waals surface area contributed by atoms with Crippen molar-refractivity contribution in [2.75, 3.05) is 11.5 Å². The molecule has 0 unspecified atom stereocenters. The molecule has 0 aliphatic carbocycles. The Hall–Kier alpha value is -0.360. The Balaban J connectivity index is 3.85. The third kappa shape index (κ3) is 4.50. The van der Waals surface area contributed by atoms with Crippen LogP contribution in [0.15, 0.2) is 0 Å². The first-order valence-electron chi connectivity index (χ1n) is 3.35. The van der Waals surface area contributed by atoms with Crippen LogP contribution in [0.3, 0.4) is 0 Å². The molecule has 4 nitrogen and oxygen atoms in total. The van der Waals surface area contributed by atoms with Gasteiger partial charge in [0, 0.05) is 12.2 Å². The van der Waals surface area contributed by atoms with Crippen molar-refractivity contribution in [3.8, 4) is 0 Å². The Morgan fingerprint density at radius 3 is 2.33 bits per heavy atom. The van der Waals surface area contributed by atoms with Crippen LogP contribution in [0.1, 0.15) is 6.42 Å². The van der Waals surface area contributed by atoms with E-state index in [-0.39, 0.29) is 18.1 Å². The van der Waals surface area contributed by atoms with Crippen molar-refractivity contribution in [3.63, 3.8) is 0 Å². The number of hydrogen-bond donors (Lipinski definition) is 4. The smallest absolute Gasteiger partial charge is 0.327 e. The quantitative estimate of drug-likeness (QED) is 0.474. The maximum absolute atomic E-state index is 10.9. The molecule has 1 amide bonds. The lowest BCUT2D eigenvalue weighted by Gasteiger charge is -2.10. The van der Waals surface area contributed by atoms with Gasteiger partial charge in [0.25, 0.3) is 0 Å². The minimum atomic E-state index is -1.07. The molecule has 0 aliphatic heterocycles. The number of carboxylic acids is 1. The molecule has 0 rings (SSSR count). The van der Waals surface area contributed by atoms with Gasteiger partial charge in [-0.15, -0.1) is 0 Å². The predicted molar refractivity (Wildman–Crippen MR) is 51.9 cm³/mol. The Kier molecular flexibility index (Phi) is 6.00. The molecule has 0 saturated heterocycles. The number of thiol groups is 2. The zero-order valence-electron chi connectivity index (χ0n) is 6.36. The van der Waals surface area contributed by atoms with Crippen LogP contribution in [0.5, 0.6) is 0 Å². The zero-order chi connectivity index (χ0) is 9.56. The van der Waals surface area contributed by atoms with E-state index in [1.54, 1.807) is 0 Å². The molecule has 70 valence electrons. The number of aliphatic carboxylic acids is 1. The molecule has 6 heteroatoms. The van der Waals surface area contributed by atoms with Crippen molar-refractivity contribution in [2.45, 2.75) is 12.5 Å². The van der Waals surface area contributed by atoms with Crippen LogP contribution in [0, 0.1) is 0 Å². The number of carbonyl (C=O) groups is 2. The van der Waals surface area contributed by atoms with Gasteiger partial charge >= 0.3 is 5.97 Å². The van der Waals surface area contributed by atoms with Crippen LogP contribution in [-0.4, -0.2) is 34.5 Å². The van der Waals surface area contributed by atoms with Gasteiger partial charge in [0.15, 0.2) is 0 Å². The fourth-order valence-electron chi connectivity index (χ4n) is 0.554. The van der Waals surface area contributed by atoms with Gasteiger partial charge in [0.05, 0.1) is 0 Å². The van der Waals surface area contributed by atoms with Crippen LogP contribution in [0.2, 0.25) is 0 Å². The molecule has 0 radical (unpaired) electrons. The maximum Gasteiger partial charge on any atom is 0.327 e. The minimum Gasteiger partial charge on any atom is -0.480 e. The van der Waals surface area contributed by atoms with Crippen LogP contribution >= 0.6 is 25.3 Å². The van der Waals surface area contributed by atoms with E-state index >= 15 is 0 Å². The Labute approximate surface area is 81.5 Å². The van der Waals surface area contributed by atoms with Gasteiger partial charge < -0.3 is 10.4 Å². The van der Waals surface area contributed by atoms with Gasteiger partial charge in [-0.25, -0.2) is 4.79 Å². The summed E-state index contributed by atoms with van der Waals surface area (Å²) < 4.78 is 0. The summed E-state index contributed by atoms with van der Waals surface area (Å²) in [4.78, 5) is 21.2. The standard InChI is InChI=1S/C6H11NO3S2/c8-5(1-2-11)7-4(3-12)6(9)10/h4,11-12H,1-3H2,(H,7,8)(H,9,10)/t4-/m0/s1. The lowest BCUT2D eigenvalue weighted by molar-refractivity contribution is -0.141. The highest BCUT2D eigenvalue weighted by molar-refractivity contribution is 7.80. The molecule has 12 heavy (non-hydrogen) atoms. The van der Waals surface area contributed by atoms with Crippen LogP contribution in [0.25, 0.3) is 0 Å². The van der Waals surface area contributed by atoms with E-state index in [0.29, 0.717) is 5.75 Å². The molecule has 0 aromatic rings. The highest BCUT2D eigenvalue weighted by atomic mass is 32.1. The van der Waals surface area contributed by atoms with Crippen molar-refractivity contribution in [1.82, 2.24) is 5.32 Å². The van der Waals surface area contributed by atoms with Crippen molar-refractivity contribution in [1.29, 1.82) is 0 Å². The minimum absolute atomic E-state index is 0.0909. The number of nitrogens with one attached hydrogen (secondary N) is 1. The molecule has 0 aromatic heterocycles. The molecular formula is C6H11NO3S2. The van der Waals surface area contributed by atoms with E-state index in [9.17, 15) is 9.59 Å². The summed E-state index contributed by atoms with van der Waals surface area (Å²) >= 11 is 7.62. The second kappa shape index (κ2) is 6.19. The van der Waals surface area contributed by atoms with E-state index in [1.165, 1.54) is 0 Å². The summed E-state index contributed by atoms with van der Waals surface area (Å²) in [5, 5.41) is 10.8. The Morgan fingerprint density at radius 1 is 1.42 bits per heavy atom. The molecule has 2 N–H and O–H groups in total. The normalized spacial score (nSPS) is 12.2. The summed E-state index contributed by atoms with van der Waals surface area (Å²) in [5.41, 5.74) is 0. The summed E-state index contributed by atoms with van der Waals surface area (Å²) in [7, 11) is 0. The fourth-order valence-corrected chi connectivity index (χ4v) is 1.00. The maximum atomic E-state index is 10.9. The molecule has 0 aliphatic rings. The third-order valence-electron chi connectivity index (χ3n) is 1.15. The Bertz CT molecular complexity index is 174. The average Bonchev–Trinajstić information content (AvgIpc) is 2.00. The van der Waals surface area contributed by atoms with Gasteiger partial charge in [-0.3, -0.25) is 4.79 Å². The fraction of sp³-hybridized carbons (Fsp3) is 0.667. The SMILES string of the molecule is O=C(CCS)N[C@@H](CS)C(=O)O. The molecule has 0 fully saturated rings. The van der Waals surface area contributed by atoms with Crippen molar-refractivity contribution in [2.24, 2.45) is 0 Å². The molecule has 1 atom stereocenters. The van der Waals surface area contributed by atoms with E-state index in [1.807, 2.05) is 0 Å². The number of hydrogen-bond acceptors (Lipinski definition) is 4. The largest absolute Gasteiger partial charge is 0.480 e. The van der Waals surface area contributed by atoms with Gasteiger partial charge in [0.1, 0.15) is 6.04 Å². The topological polar surface area (TPSA) is 66.4 Å². The monoisotopic (exact) mass is 209 g/mol. The average molecular weight is 209 g/mol. The number of amides is 1. The molecule has 0 saturated carbocycles. The zero-order valence-corrected chi connectivity index (χ0v) is 8.15. The van der Waals surface area contributed by atoms with E-state index < -0.39 is 12.0 Å². The van der Waals surface area contributed by atoms with Crippen molar-refractivity contribution < 1.29 is 14.7 Å². The summed E-state index contributed by atoms with van der Waals surface area (Å²) in [5.74, 6) is -0.887. The second-order valence-corrected chi connectivity index (χ2v) is 2.93. The Morgan fingerprint density at radius 2 is 2.00 bits per heavy atom. The van der Waals surface area contributed by atoms with E-state index in [0.717, 1.165) is 0 Å². The van der Waals surface area contributed by atoms with E-state index in [4.69, 9.17) is 5.11 Å². The van der Waals surface area contributed by atoms with Gasteiger partial charge in [0.2, 0.25) is 5.91 Å². The summed E-state index contributed by atoms with van der Waals surface area (Å²) in [6.07, 6.45) is 0.223. The van der Waals surface area contributed by atoms with Crippen LogP contribution in [-0.2, 0) is 9.59 Å². The van der Waals surface area contributed by atoms with E-state index in [2.05, 4.69) is 30.6 Å². The first kappa shape index (κ1) is 11.6. The first-order chi connectivity index (χ1) is 5.61. The summed E-state index contributed by atoms with van der Waals surface area (Å²) in [6, 6.07) is -0.902. The lowest BCUT2D eigenvalue weighted by atomic mass is 10.3. The number of rotatable bonds is 5. The molecule has 0 bridgehead atoms. The molecule has 0 aromatic carbocycles. The molecular weight excluding hydrogens is 198 g/mol. The highest BCUT2D eigenvalue weighted by Gasteiger charge is 2.16. The second-order valence-electron chi connectivity index (χ2n) is 2.11. The van der Waals surface area contributed by atoms with Crippen LogP contribution < -0.4 is 5.32 Å². The van der Waals surface area contributed by atoms with Crippen molar-refractivity contribution >= 4 is 37.1 Å². The molecule has 0 heterocycles. The summed E-state index contributed by atoms with van der Waals surface area (Å²) in [6.45, 7) is 0. The van der Waals surface area contributed by atoms with Gasteiger partial charge in [-0.2, -0.15) is 25.3 Å². The third-order valence-corrected chi connectivity index (χ3v) is 1.74. The van der Waals surface area contributed by atoms with Gasteiger partial charge in [-0.1, -0.05) is 0 Å². The van der Waals surface area contributed by atoms with Crippen LogP contribution in [0.4, 0.5) is 0 Å². The number of carbonyl (C=O) groups excluding carboxylic acids is 1. The molecule has 0 spiro atoms. The highest BCUT2D eigenvalue weighted by Crippen LogP contribution is 1.91.